The van der Waals surface area contributed by atoms with Crippen LogP contribution in [0.15, 0.2) is 48.7 Å². The number of hydrogen-bond donors (Lipinski definition) is 3. The highest BCUT2D eigenvalue weighted by Gasteiger charge is 2.12. The molecule has 3 rings (SSSR count). The second-order valence-electron chi connectivity index (χ2n) is 6.25. The highest BCUT2D eigenvalue weighted by Crippen LogP contribution is 2.32. The van der Waals surface area contributed by atoms with Crippen LogP contribution in [0, 0.1) is 6.92 Å². The Morgan fingerprint density at radius 3 is 2.74 bits per heavy atom. The fourth-order valence-corrected chi connectivity index (χ4v) is 3.12. The number of nitrogens with zero attached hydrogens (tertiary/aromatic N) is 2. The number of amides is 2. The number of rotatable bonds is 5. The molecule has 0 spiro atoms. The molecular weight excluding hydrogens is 362 g/mol. The van der Waals surface area contributed by atoms with E-state index in [0.29, 0.717) is 22.2 Å². The summed E-state index contributed by atoms with van der Waals surface area (Å²) in [5, 5.41) is 5.87. The van der Waals surface area contributed by atoms with Gasteiger partial charge in [-0.25, -0.2) is 9.78 Å². The second-order valence-corrected chi connectivity index (χ2v) is 6.66. The Balaban J connectivity index is 1.77. The summed E-state index contributed by atoms with van der Waals surface area (Å²) in [7, 11) is 0. The molecule has 0 unspecified atom stereocenters. The first kappa shape index (κ1) is 18.8. The Morgan fingerprint density at radius 2 is 2.04 bits per heavy atom. The van der Waals surface area contributed by atoms with Gasteiger partial charge in [-0.1, -0.05) is 30.7 Å². The number of nitrogens with one attached hydrogen (secondary N) is 2. The van der Waals surface area contributed by atoms with Crippen molar-refractivity contribution in [2.45, 2.75) is 26.8 Å². The smallest absolute Gasteiger partial charge is 0.324 e. The summed E-state index contributed by atoms with van der Waals surface area (Å²) in [6.45, 7) is 4.84. The lowest BCUT2D eigenvalue weighted by Gasteiger charge is -2.13. The standard InChI is InChI=1S/C20H22ClN5O/c1-3-10-26-11-9-16(22)19(26)14-7-8-17(15(21)12-14)24-20(27)25-18-6-4-5-13(2)23-18/h4-9,11-12H,3,10,22H2,1-2H3,(H2,23,24,25,27). The summed E-state index contributed by atoms with van der Waals surface area (Å²) in [5.74, 6) is 0.477. The molecule has 0 bridgehead atoms. The van der Waals surface area contributed by atoms with E-state index in [1.54, 1.807) is 18.2 Å². The molecule has 0 saturated carbocycles. The van der Waals surface area contributed by atoms with Gasteiger partial charge in [0.15, 0.2) is 0 Å². The highest BCUT2D eigenvalue weighted by atomic mass is 35.5. The fourth-order valence-electron chi connectivity index (χ4n) is 2.90. The maximum absolute atomic E-state index is 12.2. The minimum absolute atomic E-state index is 0.406. The third kappa shape index (κ3) is 4.41. The molecule has 140 valence electrons. The summed E-state index contributed by atoms with van der Waals surface area (Å²) >= 11 is 6.39. The van der Waals surface area contributed by atoms with Crippen molar-refractivity contribution in [3.8, 4) is 11.3 Å². The van der Waals surface area contributed by atoms with E-state index in [2.05, 4.69) is 27.1 Å². The first-order valence-corrected chi connectivity index (χ1v) is 9.12. The molecule has 0 aliphatic rings. The number of carbonyl (C=O) groups excluding carboxylic acids is 1. The van der Waals surface area contributed by atoms with Crippen LogP contribution in [0.4, 0.5) is 22.0 Å². The van der Waals surface area contributed by atoms with E-state index in [9.17, 15) is 4.79 Å². The Hall–Kier alpha value is -2.99. The number of aryl methyl sites for hydroxylation is 2. The van der Waals surface area contributed by atoms with Crippen molar-refractivity contribution < 1.29 is 4.79 Å². The molecule has 7 heteroatoms. The summed E-state index contributed by atoms with van der Waals surface area (Å²) in [5.41, 5.74) is 9.99. The van der Waals surface area contributed by atoms with E-state index in [4.69, 9.17) is 17.3 Å². The minimum atomic E-state index is -0.406. The number of nitrogens with two attached hydrogens (primary N) is 1. The maximum Gasteiger partial charge on any atom is 0.324 e. The lowest BCUT2D eigenvalue weighted by atomic mass is 10.1. The van der Waals surface area contributed by atoms with Crippen molar-refractivity contribution in [1.29, 1.82) is 0 Å². The minimum Gasteiger partial charge on any atom is -0.397 e. The average molecular weight is 384 g/mol. The van der Waals surface area contributed by atoms with Crippen molar-refractivity contribution >= 4 is 34.8 Å². The number of aromatic nitrogens is 2. The van der Waals surface area contributed by atoms with Crippen LogP contribution in [0.2, 0.25) is 5.02 Å². The molecule has 0 fully saturated rings. The first-order valence-electron chi connectivity index (χ1n) is 8.74. The molecule has 27 heavy (non-hydrogen) atoms. The van der Waals surface area contributed by atoms with Crippen molar-refractivity contribution in [1.82, 2.24) is 9.55 Å². The molecular formula is C20H22ClN5O. The molecule has 0 atom stereocenters. The monoisotopic (exact) mass is 383 g/mol. The Bertz CT molecular complexity index is 967. The number of anilines is 3. The molecule has 0 saturated heterocycles. The number of carbonyl (C=O) groups is 1. The van der Waals surface area contributed by atoms with Crippen LogP contribution in [-0.4, -0.2) is 15.6 Å². The van der Waals surface area contributed by atoms with Gasteiger partial charge >= 0.3 is 6.03 Å². The van der Waals surface area contributed by atoms with Gasteiger partial charge in [0.1, 0.15) is 5.82 Å². The van der Waals surface area contributed by atoms with E-state index < -0.39 is 6.03 Å². The lowest BCUT2D eigenvalue weighted by Crippen LogP contribution is -2.20. The molecule has 2 amide bonds. The zero-order valence-corrected chi connectivity index (χ0v) is 16.0. The largest absolute Gasteiger partial charge is 0.397 e. The van der Waals surface area contributed by atoms with Gasteiger partial charge in [-0.3, -0.25) is 5.32 Å². The second kappa shape index (κ2) is 8.14. The predicted octanol–water partition coefficient (Wildman–Crippen LogP) is 5.15. The molecule has 3 aromatic rings. The van der Waals surface area contributed by atoms with Crippen LogP contribution in [0.1, 0.15) is 19.0 Å². The third-order valence-corrected chi connectivity index (χ3v) is 4.39. The van der Waals surface area contributed by atoms with Crippen LogP contribution >= 0.6 is 11.6 Å². The molecule has 6 nitrogen and oxygen atoms in total. The molecule has 0 aliphatic heterocycles. The predicted molar refractivity (Wildman–Crippen MR) is 111 cm³/mol. The molecule has 4 N–H and O–H groups in total. The van der Waals surface area contributed by atoms with E-state index in [0.717, 1.165) is 29.9 Å². The van der Waals surface area contributed by atoms with Crippen LogP contribution in [0.5, 0.6) is 0 Å². The van der Waals surface area contributed by atoms with E-state index in [1.807, 2.05) is 37.4 Å². The van der Waals surface area contributed by atoms with Crippen LogP contribution in [0.3, 0.4) is 0 Å². The maximum atomic E-state index is 12.2. The number of halogens is 1. The Morgan fingerprint density at radius 1 is 1.22 bits per heavy atom. The normalized spacial score (nSPS) is 10.6. The summed E-state index contributed by atoms with van der Waals surface area (Å²) in [4.78, 5) is 16.4. The van der Waals surface area contributed by atoms with Crippen LogP contribution < -0.4 is 16.4 Å². The number of benzene rings is 1. The number of nitrogen functional groups attached to an aromatic ring is 1. The molecule has 2 aromatic heterocycles. The van der Waals surface area contributed by atoms with Crippen LogP contribution in [-0.2, 0) is 6.54 Å². The van der Waals surface area contributed by atoms with Gasteiger partial charge in [-0.15, -0.1) is 0 Å². The zero-order valence-electron chi connectivity index (χ0n) is 15.3. The van der Waals surface area contributed by atoms with Crippen molar-refractivity contribution in [2.24, 2.45) is 0 Å². The third-order valence-electron chi connectivity index (χ3n) is 4.08. The summed E-state index contributed by atoms with van der Waals surface area (Å²) in [6.07, 6.45) is 2.97. The molecule has 0 radical (unpaired) electrons. The van der Waals surface area contributed by atoms with Gasteiger partial charge in [0.05, 0.1) is 22.1 Å². The first-order chi connectivity index (χ1) is 13.0. The van der Waals surface area contributed by atoms with Gasteiger partial charge in [0.2, 0.25) is 0 Å². The van der Waals surface area contributed by atoms with Crippen molar-refractivity contribution in [2.75, 3.05) is 16.4 Å². The van der Waals surface area contributed by atoms with Crippen molar-refractivity contribution in [3.63, 3.8) is 0 Å². The summed E-state index contributed by atoms with van der Waals surface area (Å²) < 4.78 is 2.10. The average Bonchev–Trinajstić information content (AvgIpc) is 2.97. The SMILES string of the molecule is CCCn1ccc(N)c1-c1ccc(NC(=O)Nc2cccc(C)n2)c(Cl)c1. The van der Waals surface area contributed by atoms with Gasteiger partial charge in [-0.2, -0.15) is 0 Å². The van der Waals surface area contributed by atoms with E-state index in [1.165, 1.54) is 0 Å². The summed E-state index contributed by atoms with van der Waals surface area (Å²) in [6, 6.07) is 12.4. The molecule has 2 heterocycles. The molecule has 0 aliphatic carbocycles. The Labute approximate surface area is 163 Å². The van der Waals surface area contributed by atoms with Gasteiger partial charge in [0.25, 0.3) is 0 Å². The van der Waals surface area contributed by atoms with Gasteiger partial charge < -0.3 is 15.6 Å². The number of urea groups is 1. The molecule has 1 aromatic carbocycles. The van der Waals surface area contributed by atoms with Crippen molar-refractivity contribution in [3.05, 3.63) is 59.4 Å². The fraction of sp³-hybridized carbons (Fsp3) is 0.200. The van der Waals surface area contributed by atoms with Crippen LogP contribution in [0.25, 0.3) is 11.3 Å². The van der Waals surface area contributed by atoms with E-state index >= 15 is 0 Å². The Kier molecular flexibility index (Phi) is 5.66. The number of pyridine rings is 1. The quantitative estimate of drug-likeness (QED) is 0.569. The van der Waals surface area contributed by atoms with E-state index in [-0.39, 0.29) is 0 Å². The van der Waals surface area contributed by atoms with Gasteiger partial charge in [-0.05, 0) is 43.7 Å². The lowest BCUT2D eigenvalue weighted by molar-refractivity contribution is 0.262. The number of hydrogen-bond acceptors (Lipinski definition) is 3. The highest BCUT2D eigenvalue weighted by molar-refractivity contribution is 6.34. The zero-order chi connectivity index (χ0) is 19.4. The van der Waals surface area contributed by atoms with Gasteiger partial charge in [0, 0.05) is 24.0 Å². The topological polar surface area (TPSA) is 85.0 Å².